The molecule has 1 amide bonds. The maximum atomic E-state index is 13.1. The molecule has 0 bridgehead atoms. The Morgan fingerprint density at radius 3 is 2.88 bits per heavy atom. The fourth-order valence-corrected chi connectivity index (χ4v) is 1.35. The summed E-state index contributed by atoms with van der Waals surface area (Å²) in [6.07, 6.45) is 1.26. The van der Waals surface area contributed by atoms with Gasteiger partial charge in [-0.2, -0.15) is 0 Å². The van der Waals surface area contributed by atoms with E-state index in [1.165, 1.54) is 6.07 Å². The van der Waals surface area contributed by atoms with E-state index >= 15 is 0 Å². The fraction of sp³-hybridized carbons (Fsp3) is 0.417. The summed E-state index contributed by atoms with van der Waals surface area (Å²) in [5.74, 6) is -0.472. The van der Waals surface area contributed by atoms with Gasteiger partial charge in [0.25, 0.3) is 0 Å². The lowest BCUT2D eigenvalue weighted by atomic mass is 10.2. The number of amides is 1. The Morgan fingerprint density at radius 2 is 2.18 bits per heavy atom. The lowest BCUT2D eigenvalue weighted by Gasteiger charge is -2.09. The van der Waals surface area contributed by atoms with Crippen molar-refractivity contribution in [2.75, 3.05) is 24.1 Å². The van der Waals surface area contributed by atoms with Gasteiger partial charge >= 0.3 is 0 Å². The van der Waals surface area contributed by atoms with E-state index in [1.807, 2.05) is 6.92 Å². The second-order valence-electron chi connectivity index (χ2n) is 3.73. The summed E-state index contributed by atoms with van der Waals surface area (Å²) in [6.45, 7) is 3.11. The molecule has 1 aromatic carbocycles. The summed E-state index contributed by atoms with van der Waals surface area (Å²) in [6, 6.07) is 4.56. The van der Waals surface area contributed by atoms with E-state index in [9.17, 15) is 9.18 Å². The molecule has 0 aromatic heterocycles. The number of carbonyl (C=O) groups is 1. The first-order chi connectivity index (χ1) is 8.15. The fourth-order valence-electron chi connectivity index (χ4n) is 1.35. The Labute approximate surface area is 100 Å². The number of rotatable bonds is 6. The number of anilines is 2. The van der Waals surface area contributed by atoms with Crippen LogP contribution in [0.15, 0.2) is 18.2 Å². The van der Waals surface area contributed by atoms with Crippen LogP contribution in [0.5, 0.6) is 0 Å². The number of halogens is 1. The van der Waals surface area contributed by atoms with Gasteiger partial charge < -0.3 is 16.4 Å². The molecule has 0 spiro atoms. The van der Waals surface area contributed by atoms with Gasteiger partial charge in [-0.15, -0.1) is 0 Å². The minimum atomic E-state index is -0.453. The zero-order valence-corrected chi connectivity index (χ0v) is 9.92. The summed E-state index contributed by atoms with van der Waals surface area (Å²) in [7, 11) is 0. The van der Waals surface area contributed by atoms with Crippen LogP contribution in [0.1, 0.15) is 19.8 Å². The van der Waals surface area contributed by atoms with Crippen LogP contribution in [0.3, 0.4) is 0 Å². The highest BCUT2D eigenvalue weighted by Crippen LogP contribution is 2.20. The van der Waals surface area contributed by atoms with Gasteiger partial charge in [0.1, 0.15) is 5.82 Å². The summed E-state index contributed by atoms with van der Waals surface area (Å²) in [5, 5.41) is 5.70. The quantitative estimate of drug-likeness (QED) is 0.662. The molecule has 4 nitrogen and oxygen atoms in total. The van der Waals surface area contributed by atoms with Crippen LogP contribution in [0.4, 0.5) is 15.8 Å². The number of benzene rings is 1. The van der Waals surface area contributed by atoms with E-state index in [0.29, 0.717) is 25.2 Å². The van der Waals surface area contributed by atoms with Crippen molar-refractivity contribution in [3.8, 4) is 0 Å². The van der Waals surface area contributed by atoms with Gasteiger partial charge in [0.15, 0.2) is 0 Å². The molecule has 0 radical (unpaired) electrons. The summed E-state index contributed by atoms with van der Waals surface area (Å²) < 4.78 is 13.1. The maximum Gasteiger partial charge on any atom is 0.221 e. The minimum absolute atomic E-state index is 0.0191. The highest BCUT2D eigenvalue weighted by molar-refractivity contribution is 5.76. The number of nitrogens with two attached hydrogens (primary N) is 1. The molecule has 0 fully saturated rings. The van der Waals surface area contributed by atoms with Gasteiger partial charge in [-0.1, -0.05) is 13.0 Å². The van der Waals surface area contributed by atoms with Crippen molar-refractivity contribution in [3.05, 3.63) is 24.0 Å². The van der Waals surface area contributed by atoms with E-state index in [1.54, 1.807) is 12.1 Å². The number of hydrogen-bond acceptors (Lipinski definition) is 3. The van der Waals surface area contributed by atoms with Gasteiger partial charge in [-0.05, 0) is 18.6 Å². The average molecular weight is 239 g/mol. The molecule has 4 N–H and O–H groups in total. The summed E-state index contributed by atoms with van der Waals surface area (Å²) in [4.78, 5) is 11.3. The number of para-hydroxylation sites is 1. The Morgan fingerprint density at radius 1 is 1.41 bits per heavy atom. The van der Waals surface area contributed by atoms with Crippen molar-refractivity contribution in [1.82, 2.24) is 5.32 Å². The molecule has 0 aliphatic rings. The number of nitrogens with one attached hydrogen (secondary N) is 2. The molecule has 5 heteroatoms. The molecular formula is C12H18FN3O. The number of carbonyl (C=O) groups excluding carboxylic acids is 1. The molecule has 0 unspecified atom stereocenters. The van der Waals surface area contributed by atoms with E-state index in [2.05, 4.69) is 10.6 Å². The van der Waals surface area contributed by atoms with Crippen molar-refractivity contribution in [1.29, 1.82) is 0 Å². The zero-order chi connectivity index (χ0) is 12.7. The second kappa shape index (κ2) is 6.73. The highest BCUT2D eigenvalue weighted by Gasteiger charge is 2.04. The average Bonchev–Trinajstić information content (AvgIpc) is 2.32. The van der Waals surface area contributed by atoms with Crippen LogP contribution < -0.4 is 16.4 Å². The third kappa shape index (κ3) is 4.30. The second-order valence-corrected chi connectivity index (χ2v) is 3.73. The normalized spacial score (nSPS) is 10.0. The van der Waals surface area contributed by atoms with E-state index < -0.39 is 5.82 Å². The van der Waals surface area contributed by atoms with Crippen LogP contribution in [-0.2, 0) is 4.79 Å². The molecule has 17 heavy (non-hydrogen) atoms. The molecule has 94 valence electrons. The first kappa shape index (κ1) is 13.3. The van der Waals surface area contributed by atoms with Crippen molar-refractivity contribution in [2.24, 2.45) is 0 Å². The minimum Gasteiger partial charge on any atom is -0.395 e. The Kier molecular flexibility index (Phi) is 5.26. The SMILES string of the molecule is CCCNC(=O)CCNc1cccc(F)c1N. The summed E-state index contributed by atoms with van der Waals surface area (Å²) >= 11 is 0. The molecule has 0 heterocycles. The topological polar surface area (TPSA) is 67.2 Å². The molecule has 1 rings (SSSR count). The molecular weight excluding hydrogens is 221 g/mol. The van der Waals surface area contributed by atoms with Crippen molar-refractivity contribution in [2.45, 2.75) is 19.8 Å². The van der Waals surface area contributed by atoms with Gasteiger partial charge in [-0.3, -0.25) is 4.79 Å². The standard InChI is InChI=1S/C12H18FN3O/c1-2-7-16-11(17)6-8-15-10-5-3-4-9(13)12(10)14/h3-5,15H,2,6-8,14H2,1H3,(H,16,17). The van der Waals surface area contributed by atoms with Crippen LogP contribution in [-0.4, -0.2) is 19.0 Å². The summed E-state index contributed by atoms with van der Waals surface area (Å²) in [5.41, 5.74) is 6.15. The van der Waals surface area contributed by atoms with Gasteiger partial charge in [0, 0.05) is 19.5 Å². The van der Waals surface area contributed by atoms with E-state index in [0.717, 1.165) is 6.42 Å². The van der Waals surface area contributed by atoms with Crippen molar-refractivity contribution >= 4 is 17.3 Å². The maximum absolute atomic E-state index is 13.1. The van der Waals surface area contributed by atoms with Gasteiger partial charge in [0.05, 0.1) is 11.4 Å². The monoisotopic (exact) mass is 239 g/mol. The number of hydrogen-bond donors (Lipinski definition) is 3. The first-order valence-electron chi connectivity index (χ1n) is 5.69. The van der Waals surface area contributed by atoms with Gasteiger partial charge in [0.2, 0.25) is 5.91 Å². The van der Waals surface area contributed by atoms with E-state index in [4.69, 9.17) is 5.73 Å². The Bertz CT molecular complexity index is 382. The lowest BCUT2D eigenvalue weighted by Crippen LogP contribution is -2.26. The molecule has 0 aliphatic heterocycles. The first-order valence-corrected chi connectivity index (χ1v) is 5.69. The van der Waals surface area contributed by atoms with Crippen LogP contribution in [0.2, 0.25) is 0 Å². The van der Waals surface area contributed by atoms with Crippen LogP contribution in [0, 0.1) is 5.82 Å². The molecule has 0 saturated heterocycles. The smallest absolute Gasteiger partial charge is 0.221 e. The zero-order valence-electron chi connectivity index (χ0n) is 9.92. The Hall–Kier alpha value is -1.78. The van der Waals surface area contributed by atoms with Crippen molar-refractivity contribution < 1.29 is 9.18 Å². The van der Waals surface area contributed by atoms with Gasteiger partial charge in [-0.25, -0.2) is 4.39 Å². The molecule has 1 aromatic rings. The van der Waals surface area contributed by atoms with Crippen LogP contribution >= 0.6 is 0 Å². The molecule has 0 aliphatic carbocycles. The predicted octanol–water partition coefficient (Wildman–Crippen LogP) is 1.74. The molecule has 0 atom stereocenters. The number of nitrogen functional groups attached to an aromatic ring is 1. The third-order valence-corrected chi connectivity index (χ3v) is 2.29. The van der Waals surface area contributed by atoms with Crippen LogP contribution in [0.25, 0.3) is 0 Å². The Balaban J connectivity index is 2.36. The molecule has 0 saturated carbocycles. The van der Waals surface area contributed by atoms with Crippen molar-refractivity contribution in [3.63, 3.8) is 0 Å². The lowest BCUT2D eigenvalue weighted by molar-refractivity contribution is -0.120. The largest absolute Gasteiger partial charge is 0.395 e. The highest BCUT2D eigenvalue weighted by atomic mass is 19.1. The van der Waals surface area contributed by atoms with E-state index in [-0.39, 0.29) is 11.6 Å². The predicted molar refractivity (Wildman–Crippen MR) is 67.2 cm³/mol. The third-order valence-electron chi connectivity index (χ3n) is 2.29.